The van der Waals surface area contributed by atoms with E-state index in [4.69, 9.17) is 27.9 Å². The molecule has 0 radical (unpaired) electrons. The van der Waals surface area contributed by atoms with Gasteiger partial charge in [0.15, 0.2) is 5.78 Å². The molecule has 0 aromatic heterocycles. The van der Waals surface area contributed by atoms with Crippen molar-refractivity contribution in [2.24, 2.45) is 5.92 Å². The van der Waals surface area contributed by atoms with Gasteiger partial charge < -0.3 is 4.74 Å². The lowest BCUT2D eigenvalue weighted by molar-refractivity contribution is -0.130. The van der Waals surface area contributed by atoms with E-state index in [0.717, 1.165) is 5.56 Å². The number of hydrogen-bond donors (Lipinski definition) is 0. The van der Waals surface area contributed by atoms with Gasteiger partial charge in [0.05, 0.1) is 0 Å². The van der Waals surface area contributed by atoms with Gasteiger partial charge in [0.25, 0.3) is 0 Å². The van der Waals surface area contributed by atoms with Crippen LogP contribution < -0.4 is 0 Å². The predicted molar refractivity (Wildman–Crippen MR) is 70.8 cm³/mol. The number of ether oxygens (including phenoxy) is 1. The molecule has 0 saturated carbocycles. The van der Waals surface area contributed by atoms with Crippen LogP contribution in [-0.4, -0.2) is 19.0 Å². The van der Waals surface area contributed by atoms with Crippen molar-refractivity contribution in [3.63, 3.8) is 0 Å². The maximum absolute atomic E-state index is 12.0. The van der Waals surface area contributed by atoms with E-state index < -0.39 is 0 Å². The average molecular weight is 275 g/mol. The van der Waals surface area contributed by atoms with Crippen LogP contribution in [0.4, 0.5) is 0 Å². The second-order valence-electron chi connectivity index (χ2n) is 4.28. The van der Waals surface area contributed by atoms with Crippen LogP contribution in [0.1, 0.15) is 19.4 Å². The molecular weight excluding hydrogens is 259 g/mol. The summed E-state index contributed by atoms with van der Waals surface area (Å²) in [4.78, 5) is 12.0. The molecule has 1 rings (SSSR count). The molecule has 4 heteroatoms. The summed E-state index contributed by atoms with van der Waals surface area (Å²) in [6, 6.07) is 5.14. The van der Waals surface area contributed by atoms with Gasteiger partial charge in [0.1, 0.15) is 6.10 Å². The average Bonchev–Trinajstić information content (AvgIpc) is 2.22. The number of carbonyl (C=O) groups excluding carboxylic acids is 1. The number of methoxy groups -OCH3 is 1. The van der Waals surface area contributed by atoms with E-state index in [1.54, 1.807) is 25.3 Å². The number of ketones is 1. The first-order chi connectivity index (χ1) is 7.95. The molecule has 0 heterocycles. The summed E-state index contributed by atoms with van der Waals surface area (Å²) in [6.07, 6.45) is -0.117. The zero-order chi connectivity index (χ0) is 13.0. The van der Waals surface area contributed by atoms with Gasteiger partial charge in [-0.15, -0.1) is 0 Å². The van der Waals surface area contributed by atoms with Gasteiger partial charge in [-0.2, -0.15) is 0 Å². The molecule has 94 valence electrons. The molecule has 0 N–H and O–H groups in total. The fraction of sp³-hybridized carbons (Fsp3) is 0.462. The standard InChI is InChI=1S/C13H16Cl2O2/c1-8(2)13(17-3)12(16)6-9-4-5-10(14)7-11(9)15/h4-5,7-8,13H,6H2,1-3H3. The third-order valence-corrected chi connectivity index (χ3v) is 3.14. The van der Waals surface area contributed by atoms with Crippen LogP contribution in [0.5, 0.6) is 0 Å². The van der Waals surface area contributed by atoms with Crippen LogP contribution in [0.15, 0.2) is 18.2 Å². The minimum atomic E-state index is -0.387. The molecule has 0 bridgehead atoms. The summed E-state index contributed by atoms with van der Waals surface area (Å²) in [5.74, 6) is 0.185. The highest BCUT2D eigenvalue weighted by molar-refractivity contribution is 6.35. The Hall–Kier alpha value is -0.570. The summed E-state index contributed by atoms with van der Waals surface area (Å²) in [5, 5.41) is 1.09. The fourth-order valence-electron chi connectivity index (χ4n) is 1.73. The van der Waals surface area contributed by atoms with Gasteiger partial charge in [-0.25, -0.2) is 0 Å². The Morgan fingerprint density at radius 3 is 2.47 bits per heavy atom. The Bertz CT molecular complexity index is 402. The van der Waals surface area contributed by atoms with Crippen LogP contribution >= 0.6 is 23.2 Å². The maximum atomic E-state index is 12.0. The first-order valence-corrected chi connectivity index (χ1v) is 6.20. The first-order valence-electron chi connectivity index (χ1n) is 5.45. The van der Waals surface area contributed by atoms with Crippen molar-refractivity contribution in [3.8, 4) is 0 Å². The molecule has 0 spiro atoms. The number of benzene rings is 1. The molecule has 0 aliphatic rings. The molecule has 1 atom stereocenters. The largest absolute Gasteiger partial charge is 0.373 e. The van der Waals surface area contributed by atoms with E-state index in [1.807, 2.05) is 13.8 Å². The molecule has 0 aliphatic heterocycles. The molecular formula is C13H16Cl2O2. The van der Waals surface area contributed by atoms with Crippen LogP contribution in [0.2, 0.25) is 10.0 Å². The molecule has 1 unspecified atom stereocenters. The zero-order valence-corrected chi connectivity index (χ0v) is 11.7. The highest BCUT2D eigenvalue weighted by Gasteiger charge is 2.22. The van der Waals surface area contributed by atoms with E-state index in [-0.39, 0.29) is 24.2 Å². The third-order valence-electron chi connectivity index (χ3n) is 2.56. The summed E-state index contributed by atoms with van der Waals surface area (Å²) < 4.78 is 5.19. The number of Topliss-reactive ketones (excluding diaryl/α,β-unsaturated/α-hetero) is 1. The van der Waals surface area contributed by atoms with Crippen LogP contribution in [0, 0.1) is 5.92 Å². The van der Waals surface area contributed by atoms with Gasteiger partial charge >= 0.3 is 0 Å². The molecule has 0 fully saturated rings. The quantitative estimate of drug-likeness (QED) is 0.817. The van der Waals surface area contributed by atoms with Crippen molar-refractivity contribution in [3.05, 3.63) is 33.8 Å². The van der Waals surface area contributed by atoms with Crippen molar-refractivity contribution in [2.75, 3.05) is 7.11 Å². The Labute approximate surface area is 112 Å². The summed E-state index contributed by atoms with van der Waals surface area (Å²) in [6.45, 7) is 3.91. The van der Waals surface area contributed by atoms with E-state index in [9.17, 15) is 4.79 Å². The summed E-state index contributed by atoms with van der Waals surface area (Å²) in [7, 11) is 1.55. The summed E-state index contributed by atoms with van der Waals surface area (Å²) in [5.41, 5.74) is 0.781. The van der Waals surface area contributed by atoms with Crippen molar-refractivity contribution >= 4 is 29.0 Å². The number of halogens is 2. The Kier molecular flexibility index (Phi) is 5.44. The normalized spacial score (nSPS) is 12.8. The van der Waals surface area contributed by atoms with Crippen molar-refractivity contribution in [1.29, 1.82) is 0 Å². The van der Waals surface area contributed by atoms with Crippen molar-refractivity contribution in [1.82, 2.24) is 0 Å². The molecule has 0 saturated heterocycles. The predicted octanol–water partition coefficient (Wildman–Crippen LogP) is 3.78. The van der Waals surface area contributed by atoms with Crippen molar-refractivity contribution in [2.45, 2.75) is 26.4 Å². The van der Waals surface area contributed by atoms with Gasteiger partial charge in [-0.3, -0.25) is 4.79 Å². The van der Waals surface area contributed by atoms with Crippen LogP contribution in [0.25, 0.3) is 0 Å². The van der Waals surface area contributed by atoms with Crippen molar-refractivity contribution < 1.29 is 9.53 Å². The minimum Gasteiger partial charge on any atom is -0.373 e. The summed E-state index contributed by atoms with van der Waals surface area (Å²) >= 11 is 11.8. The Balaban J connectivity index is 2.80. The molecule has 2 nitrogen and oxygen atoms in total. The maximum Gasteiger partial charge on any atom is 0.166 e. The van der Waals surface area contributed by atoms with E-state index in [1.165, 1.54) is 0 Å². The smallest absolute Gasteiger partial charge is 0.166 e. The monoisotopic (exact) mass is 274 g/mol. The number of carbonyl (C=O) groups is 1. The van der Waals surface area contributed by atoms with Gasteiger partial charge in [-0.1, -0.05) is 43.1 Å². The molecule has 1 aromatic carbocycles. The van der Waals surface area contributed by atoms with Gasteiger partial charge in [0.2, 0.25) is 0 Å². The Morgan fingerprint density at radius 1 is 1.35 bits per heavy atom. The molecule has 1 aromatic rings. The Morgan fingerprint density at radius 2 is 2.00 bits per heavy atom. The lowest BCUT2D eigenvalue weighted by atomic mass is 9.98. The van der Waals surface area contributed by atoms with E-state index in [0.29, 0.717) is 10.0 Å². The van der Waals surface area contributed by atoms with E-state index >= 15 is 0 Å². The second kappa shape index (κ2) is 6.39. The number of rotatable bonds is 5. The lowest BCUT2D eigenvalue weighted by Gasteiger charge is -2.18. The van der Waals surface area contributed by atoms with E-state index in [2.05, 4.69) is 0 Å². The van der Waals surface area contributed by atoms with Crippen LogP contribution in [-0.2, 0) is 16.0 Å². The zero-order valence-electron chi connectivity index (χ0n) is 10.2. The highest BCUT2D eigenvalue weighted by Crippen LogP contribution is 2.22. The SMILES string of the molecule is COC(C(=O)Cc1ccc(Cl)cc1Cl)C(C)C. The topological polar surface area (TPSA) is 26.3 Å². The third kappa shape index (κ3) is 3.98. The molecule has 0 aliphatic carbocycles. The first kappa shape index (κ1) is 14.5. The second-order valence-corrected chi connectivity index (χ2v) is 5.12. The lowest BCUT2D eigenvalue weighted by Crippen LogP contribution is -2.29. The fourth-order valence-corrected chi connectivity index (χ4v) is 2.20. The van der Waals surface area contributed by atoms with Gasteiger partial charge in [-0.05, 0) is 23.6 Å². The van der Waals surface area contributed by atoms with Crippen LogP contribution in [0.3, 0.4) is 0 Å². The molecule has 17 heavy (non-hydrogen) atoms. The van der Waals surface area contributed by atoms with Gasteiger partial charge in [0, 0.05) is 23.6 Å². The minimum absolute atomic E-state index is 0.0340. The number of hydrogen-bond acceptors (Lipinski definition) is 2. The molecule has 0 amide bonds. The highest BCUT2D eigenvalue weighted by atomic mass is 35.5.